The van der Waals surface area contributed by atoms with E-state index < -0.39 is 5.41 Å². The van der Waals surface area contributed by atoms with Crippen LogP contribution in [-0.4, -0.2) is 19.0 Å². The van der Waals surface area contributed by atoms with Crippen LogP contribution < -0.4 is 10.2 Å². The molecule has 0 saturated carbocycles. The number of amides is 1. The van der Waals surface area contributed by atoms with Gasteiger partial charge in [0, 0.05) is 24.5 Å². The molecule has 0 aromatic heterocycles. The Balaban J connectivity index is 2.11. The minimum absolute atomic E-state index is 0.000658. The molecular formula is C20H26N2O. The zero-order valence-corrected chi connectivity index (χ0v) is 14.5. The van der Waals surface area contributed by atoms with Gasteiger partial charge in [0.25, 0.3) is 0 Å². The summed E-state index contributed by atoms with van der Waals surface area (Å²) in [6.07, 6.45) is 0. The quantitative estimate of drug-likeness (QED) is 0.855. The lowest BCUT2D eigenvalue weighted by Crippen LogP contribution is -2.34. The third-order valence-electron chi connectivity index (χ3n) is 4.32. The standard InChI is InChI=1S/C20H26N2O/c1-5-22(6-2)18-14-12-17(13-15-18)21-19(23)20(3,4)16-10-8-7-9-11-16/h7-15H,5-6H2,1-4H3,(H,21,23). The van der Waals surface area contributed by atoms with Crippen LogP contribution in [0.25, 0.3) is 0 Å². The Morgan fingerprint density at radius 2 is 1.52 bits per heavy atom. The van der Waals surface area contributed by atoms with Crippen LogP contribution >= 0.6 is 0 Å². The fourth-order valence-electron chi connectivity index (χ4n) is 2.62. The predicted octanol–water partition coefficient (Wildman–Crippen LogP) is 4.45. The second-order valence-corrected chi connectivity index (χ2v) is 6.16. The SMILES string of the molecule is CCN(CC)c1ccc(NC(=O)C(C)(C)c2ccccc2)cc1. The van der Waals surface area contributed by atoms with Crippen molar-refractivity contribution in [2.45, 2.75) is 33.1 Å². The van der Waals surface area contributed by atoms with Gasteiger partial charge in [-0.3, -0.25) is 4.79 Å². The van der Waals surface area contributed by atoms with Gasteiger partial charge in [-0.15, -0.1) is 0 Å². The van der Waals surface area contributed by atoms with Crippen molar-refractivity contribution in [3.05, 3.63) is 60.2 Å². The molecular weight excluding hydrogens is 284 g/mol. The minimum atomic E-state index is -0.571. The molecule has 3 heteroatoms. The van der Waals surface area contributed by atoms with Gasteiger partial charge in [0.1, 0.15) is 0 Å². The highest BCUT2D eigenvalue weighted by atomic mass is 16.2. The molecule has 1 amide bonds. The largest absolute Gasteiger partial charge is 0.372 e. The fraction of sp³-hybridized carbons (Fsp3) is 0.350. The Morgan fingerprint density at radius 1 is 0.957 bits per heavy atom. The Hall–Kier alpha value is -2.29. The zero-order chi connectivity index (χ0) is 16.9. The smallest absolute Gasteiger partial charge is 0.234 e. The van der Waals surface area contributed by atoms with Gasteiger partial charge in [-0.2, -0.15) is 0 Å². The fourth-order valence-corrected chi connectivity index (χ4v) is 2.62. The maximum Gasteiger partial charge on any atom is 0.234 e. The number of benzene rings is 2. The van der Waals surface area contributed by atoms with Crippen molar-refractivity contribution in [3.8, 4) is 0 Å². The number of nitrogens with one attached hydrogen (secondary N) is 1. The molecule has 0 aliphatic rings. The molecule has 2 aromatic carbocycles. The van der Waals surface area contributed by atoms with Gasteiger partial charge in [-0.25, -0.2) is 0 Å². The summed E-state index contributed by atoms with van der Waals surface area (Å²) in [6.45, 7) is 10.1. The molecule has 2 aromatic rings. The molecule has 2 rings (SSSR count). The first-order valence-corrected chi connectivity index (χ1v) is 8.21. The average Bonchev–Trinajstić information content (AvgIpc) is 2.58. The number of hydrogen-bond donors (Lipinski definition) is 1. The highest BCUT2D eigenvalue weighted by Crippen LogP contribution is 2.25. The maximum absolute atomic E-state index is 12.6. The number of nitrogens with zero attached hydrogens (tertiary/aromatic N) is 1. The lowest BCUT2D eigenvalue weighted by molar-refractivity contribution is -0.120. The van der Waals surface area contributed by atoms with E-state index in [4.69, 9.17) is 0 Å². The van der Waals surface area contributed by atoms with Gasteiger partial charge in [0.05, 0.1) is 5.41 Å². The first kappa shape index (κ1) is 17.1. The molecule has 0 spiro atoms. The summed E-state index contributed by atoms with van der Waals surface area (Å²) in [7, 11) is 0. The molecule has 0 unspecified atom stereocenters. The van der Waals surface area contributed by atoms with Crippen molar-refractivity contribution in [2.75, 3.05) is 23.3 Å². The molecule has 0 heterocycles. The summed E-state index contributed by atoms with van der Waals surface area (Å²) in [5.74, 6) is -0.000658. The Kier molecular flexibility index (Phi) is 5.43. The van der Waals surface area contributed by atoms with E-state index in [2.05, 4.69) is 36.2 Å². The second kappa shape index (κ2) is 7.32. The third kappa shape index (κ3) is 3.92. The molecule has 0 aliphatic carbocycles. The van der Waals surface area contributed by atoms with Crippen LogP contribution in [0, 0.1) is 0 Å². The number of carbonyl (C=O) groups excluding carboxylic acids is 1. The molecule has 1 N–H and O–H groups in total. The lowest BCUT2D eigenvalue weighted by atomic mass is 9.83. The summed E-state index contributed by atoms with van der Waals surface area (Å²) in [4.78, 5) is 14.9. The third-order valence-corrected chi connectivity index (χ3v) is 4.32. The molecule has 0 aliphatic heterocycles. The molecule has 0 atom stereocenters. The van der Waals surface area contributed by atoms with Crippen molar-refractivity contribution >= 4 is 17.3 Å². The monoisotopic (exact) mass is 310 g/mol. The van der Waals surface area contributed by atoms with Gasteiger partial charge >= 0.3 is 0 Å². The Morgan fingerprint density at radius 3 is 2.04 bits per heavy atom. The number of carbonyl (C=O) groups is 1. The summed E-state index contributed by atoms with van der Waals surface area (Å²) in [5, 5.41) is 3.03. The van der Waals surface area contributed by atoms with Gasteiger partial charge in [-0.1, -0.05) is 30.3 Å². The van der Waals surface area contributed by atoms with E-state index in [0.29, 0.717) is 0 Å². The first-order valence-electron chi connectivity index (χ1n) is 8.21. The van der Waals surface area contributed by atoms with Crippen LogP contribution in [0.5, 0.6) is 0 Å². The van der Waals surface area contributed by atoms with Crippen molar-refractivity contribution in [2.24, 2.45) is 0 Å². The van der Waals surface area contributed by atoms with E-state index in [9.17, 15) is 4.79 Å². The van der Waals surface area contributed by atoms with E-state index in [1.54, 1.807) is 0 Å². The van der Waals surface area contributed by atoms with Crippen molar-refractivity contribution in [3.63, 3.8) is 0 Å². The molecule has 0 bridgehead atoms. The van der Waals surface area contributed by atoms with E-state index in [1.807, 2.05) is 56.3 Å². The van der Waals surface area contributed by atoms with Crippen molar-refractivity contribution in [1.29, 1.82) is 0 Å². The molecule has 3 nitrogen and oxygen atoms in total. The number of anilines is 2. The van der Waals surface area contributed by atoms with Crippen LogP contribution in [0.3, 0.4) is 0 Å². The number of hydrogen-bond acceptors (Lipinski definition) is 2. The van der Waals surface area contributed by atoms with Gasteiger partial charge < -0.3 is 10.2 Å². The molecule has 0 fully saturated rings. The van der Waals surface area contributed by atoms with Crippen molar-refractivity contribution < 1.29 is 4.79 Å². The average molecular weight is 310 g/mol. The minimum Gasteiger partial charge on any atom is -0.372 e. The summed E-state index contributed by atoms with van der Waals surface area (Å²) in [6, 6.07) is 17.9. The van der Waals surface area contributed by atoms with E-state index in [0.717, 1.165) is 24.3 Å². The van der Waals surface area contributed by atoms with Crippen LogP contribution in [0.1, 0.15) is 33.3 Å². The van der Waals surface area contributed by atoms with Gasteiger partial charge in [-0.05, 0) is 57.5 Å². The molecule has 23 heavy (non-hydrogen) atoms. The van der Waals surface area contributed by atoms with E-state index >= 15 is 0 Å². The molecule has 0 radical (unpaired) electrons. The topological polar surface area (TPSA) is 32.3 Å². The maximum atomic E-state index is 12.6. The highest BCUT2D eigenvalue weighted by Gasteiger charge is 2.29. The highest BCUT2D eigenvalue weighted by molar-refractivity contribution is 5.98. The molecule has 0 saturated heterocycles. The number of rotatable bonds is 6. The second-order valence-electron chi connectivity index (χ2n) is 6.16. The van der Waals surface area contributed by atoms with Crippen LogP contribution in [-0.2, 0) is 10.2 Å². The zero-order valence-electron chi connectivity index (χ0n) is 14.5. The van der Waals surface area contributed by atoms with E-state index in [1.165, 1.54) is 5.69 Å². The molecule has 122 valence electrons. The summed E-state index contributed by atoms with van der Waals surface area (Å²) < 4.78 is 0. The van der Waals surface area contributed by atoms with Gasteiger partial charge in [0.2, 0.25) is 5.91 Å². The lowest BCUT2D eigenvalue weighted by Gasteiger charge is -2.25. The normalized spacial score (nSPS) is 11.1. The van der Waals surface area contributed by atoms with Crippen LogP contribution in [0.4, 0.5) is 11.4 Å². The van der Waals surface area contributed by atoms with Gasteiger partial charge in [0.15, 0.2) is 0 Å². The van der Waals surface area contributed by atoms with Crippen LogP contribution in [0.2, 0.25) is 0 Å². The Labute approximate surface area is 139 Å². The first-order chi connectivity index (χ1) is 11.0. The Bertz CT molecular complexity index is 628. The predicted molar refractivity (Wildman–Crippen MR) is 98.1 cm³/mol. The van der Waals surface area contributed by atoms with E-state index in [-0.39, 0.29) is 5.91 Å². The van der Waals surface area contributed by atoms with Crippen LogP contribution in [0.15, 0.2) is 54.6 Å². The van der Waals surface area contributed by atoms with Crippen molar-refractivity contribution in [1.82, 2.24) is 0 Å². The summed E-state index contributed by atoms with van der Waals surface area (Å²) >= 11 is 0. The summed E-state index contributed by atoms with van der Waals surface area (Å²) in [5.41, 5.74) is 2.45.